The molecule has 1 aliphatic rings. The van der Waals surface area contributed by atoms with Crippen LogP contribution in [0, 0.1) is 14.9 Å². The lowest BCUT2D eigenvalue weighted by Gasteiger charge is -2.16. The number of likely N-dealkylation sites (tertiary alicyclic amines) is 1. The molecule has 162 valence electrons. The van der Waals surface area contributed by atoms with Crippen LogP contribution in [0.25, 0.3) is 6.08 Å². The summed E-state index contributed by atoms with van der Waals surface area (Å²) in [5.41, 5.74) is 1.62. The number of halogens is 3. The molecular weight excluding hydrogens is 550 g/mol. The minimum absolute atomic E-state index is 0.113. The number of hydrogen-bond acceptors (Lipinski definition) is 4. The summed E-state index contributed by atoms with van der Waals surface area (Å²) in [7, 11) is 0. The van der Waals surface area contributed by atoms with Gasteiger partial charge in [-0.2, -0.15) is 5.26 Å². The maximum Gasteiger partial charge on any atom is 0.264 e. The second-order valence-corrected chi connectivity index (χ2v) is 8.96. The molecule has 0 N–H and O–H groups in total. The van der Waals surface area contributed by atoms with Gasteiger partial charge in [-0.25, -0.2) is 0 Å². The number of carbonyl (C=O) groups excluding carboxylic acids is 1. The molecule has 0 aliphatic carbocycles. The molecule has 31 heavy (non-hydrogen) atoms. The van der Waals surface area contributed by atoms with E-state index in [0.717, 1.165) is 22.0 Å². The van der Waals surface area contributed by atoms with Gasteiger partial charge in [-0.3, -0.25) is 4.79 Å². The first-order chi connectivity index (χ1) is 14.9. The predicted octanol–water partition coefficient (Wildman–Crippen LogP) is 6.11. The highest BCUT2D eigenvalue weighted by atomic mass is 127. The molecule has 1 fully saturated rings. The molecule has 8 heteroatoms. The Bertz CT molecular complexity index is 1040. The number of carbonyl (C=O) groups is 1. The number of ether oxygens (including phenoxy) is 2. The largest absolute Gasteiger partial charge is 0.490 e. The van der Waals surface area contributed by atoms with Crippen molar-refractivity contribution < 1.29 is 14.3 Å². The van der Waals surface area contributed by atoms with E-state index in [1.807, 2.05) is 25.1 Å². The lowest BCUT2D eigenvalue weighted by molar-refractivity contribution is -0.125. The van der Waals surface area contributed by atoms with Crippen LogP contribution in [0.1, 0.15) is 30.9 Å². The Kier molecular flexibility index (Phi) is 8.47. The minimum Gasteiger partial charge on any atom is -0.490 e. The summed E-state index contributed by atoms with van der Waals surface area (Å²) in [4.78, 5) is 14.3. The van der Waals surface area contributed by atoms with E-state index in [0.29, 0.717) is 46.8 Å². The molecular formula is C23H21Cl2IN2O3. The van der Waals surface area contributed by atoms with E-state index in [2.05, 4.69) is 22.6 Å². The van der Waals surface area contributed by atoms with Gasteiger partial charge in [0.15, 0.2) is 11.5 Å². The number of amides is 1. The summed E-state index contributed by atoms with van der Waals surface area (Å²) in [6, 6.07) is 10.9. The minimum atomic E-state index is -0.231. The Morgan fingerprint density at radius 3 is 2.61 bits per heavy atom. The van der Waals surface area contributed by atoms with Gasteiger partial charge in [0.05, 0.1) is 10.2 Å². The average molecular weight is 571 g/mol. The molecule has 1 heterocycles. The molecule has 1 saturated heterocycles. The fourth-order valence-electron chi connectivity index (χ4n) is 3.26. The van der Waals surface area contributed by atoms with Crippen LogP contribution in [0.5, 0.6) is 11.5 Å². The topological polar surface area (TPSA) is 62.6 Å². The molecule has 3 rings (SSSR count). The van der Waals surface area contributed by atoms with Crippen molar-refractivity contribution in [2.75, 3.05) is 19.7 Å². The highest BCUT2D eigenvalue weighted by Crippen LogP contribution is 2.36. The Labute approximate surface area is 205 Å². The van der Waals surface area contributed by atoms with E-state index >= 15 is 0 Å². The number of nitriles is 1. The van der Waals surface area contributed by atoms with Gasteiger partial charge < -0.3 is 14.4 Å². The van der Waals surface area contributed by atoms with Crippen LogP contribution in [0.3, 0.4) is 0 Å². The van der Waals surface area contributed by atoms with E-state index in [9.17, 15) is 10.1 Å². The van der Waals surface area contributed by atoms with Crippen LogP contribution < -0.4 is 9.47 Å². The molecule has 0 atom stereocenters. The van der Waals surface area contributed by atoms with E-state index < -0.39 is 0 Å². The molecule has 0 aromatic heterocycles. The second-order valence-electron chi connectivity index (χ2n) is 6.96. The third-order valence-corrected chi connectivity index (χ3v) is 6.16. The van der Waals surface area contributed by atoms with E-state index in [1.54, 1.807) is 29.2 Å². The summed E-state index contributed by atoms with van der Waals surface area (Å²) in [6.07, 6.45) is 3.55. The van der Waals surface area contributed by atoms with Crippen molar-refractivity contribution in [2.24, 2.45) is 0 Å². The number of rotatable bonds is 7. The third-order valence-electron chi connectivity index (χ3n) is 4.77. The molecule has 1 amide bonds. The van der Waals surface area contributed by atoms with Crippen molar-refractivity contribution in [3.63, 3.8) is 0 Å². The average Bonchev–Trinajstić information content (AvgIpc) is 3.27. The number of nitrogens with zero attached hydrogens (tertiary/aromatic N) is 2. The van der Waals surface area contributed by atoms with Gasteiger partial charge in [0.25, 0.3) is 5.91 Å². The first kappa shape index (κ1) is 23.7. The second kappa shape index (κ2) is 11.1. The van der Waals surface area contributed by atoms with Crippen molar-refractivity contribution in [3.05, 3.63) is 60.6 Å². The zero-order chi connectivity index (χ0) is 22.4. The highest BCUT2D eigenvalue weighted by Gasteiger charge is 2.22. The zero-order valence-corrected chi connectivity index (χ0v) is 20.6. The van der Waals surface area contributed by atoms with Gasteiger partial charge in [-0.15, -0.1) is 0 Å². The summed E-state index contributed by atoms with van der Waals surface area (Å²) in [5.74, 6) is 0.886. The fourth-order valence-corrected chi connectivity index (χ4v) is 4.51. The van der Waals surface area contributed by atoms with Crippen molar-refractivity contribution >= 4 is 57.8 Å². The van der Waals surface area contributed by atoms with Gasteiger partial charge >= 0.3 is 0 Å². The molecule has 0 unspecified atom stereocenters. The first-order valence-corrected chi connectivity index (χ1v) is 11.7. The Morgan fingerprint density at radius 2 is 1.97 bits per heavy atom. The molecule has 0 radical (unpaired) electrons. The van der Waals surface area contributed by atoms with E-state index in [4.69, 9.17) is 32.7 Å². The highest BCUT2D eigenvalue weighted by molar-refractivity contribution is 14.1. The van der Waals surface area contributed by atoms with Crippen LogP contribution in [0.2, 0.25) is 10.0 Å². The molecule has 2 aromatic carbocycles. The first-order valence-electron chi connectivity index (χ1n) is 9.87. The maximum absolute atomic E-state index is 12.6. The summed E-state index contributed by atoms with van der Waals surface area (Å²) < 4.78 is 12.6. The number of hydrogen-bond donors (Lipinski definition) is 0. The molecule has 5 nitrogen and oxygen atoms in total. The van der Waals surface area contributed by atoms with Crippen molar-refractivity contribution in [2.45, 2.75) is 26.4 Å². The monoisotopic (exact) mass is 570 g/mol. The molecule has 0 spiro atoms. The lowest BCUT2D eigenvalue weighted by atomic mass is 10.1. The van der Waals surface area contributed by atoms with Crippen LogP contribution in [0.4, 0.5) is 0 Å². The van der Waals surface area contributed by atoms with Crippen molar-refractivity contribution in [1.82, 2.24) is 4.90 Å². The van der Waals surface area contributed by atoms with Gasteiger partial charge in [-0.1, -0.05) is 29.3 Å². The van der Waals surface area contributed by atoms with Gasteiger partial charge in [-0.05, 0) is 78.3 Å². The Morgan fingerprint density at radius 1 is 1.23 bits per heavy atom. The lowest BCUT2D eigenvalue weighted by Crippen LogP contribution is -2.28. The van der Waals surface area contributed by atoms with Gasteiger partial charge in [0.1, 0.15) is 18.2 Å². The molecule has 1 aliphatic heterocycles. The summed E-state index contributed by atoms with van der Waals surface area (Å²) in [5, 5.41) is 10.6. The zero-order valence-electron chi connectivity index (χ0n) is 17.0. The Hall–Kier alpha value is -1.95. The molecule has 0 saturated carbocycles. The normalized spacial score (nSPS) is 13.8. The number of benzene rings is 2. The summed E-state index contributed by atoms with van der Waals surface area (Å²) in [6.45, 7) is 3.96. The van der Waals surface area contributed by atoms with Gasteiger partial charge in [0, 0.05) is 28.7 Å². The van der Waals surface area contributed by atoms with E-state index in [1.165, 1.54) is 0 Å². The van der Waals surface area contributed by atoms with Crippen LogP contribution >= 0.6 is 45.8 Å². The Balaban J connectivity index is 1.87. The van der Waals surface area contributed by atoms with Crippen LogP contribution in [-0.4, -0.2) is 30.5 Å². The molecule has 2 aromatic rings. The summed E-state index contributed by atoms with van der Waals surface area (Å²) >= 11 is 14.4. The van der Waals surface area contributed by atoms with Crippen molar-refractivity contribution in [3.8, 4) is 17.6 Å². The van der Waals surface area contributed by atoms with E-state index in [-0.39, 0.29) is 18.1 Å². The fraction of sp³-hybridized carbons (Fsp3) is 0.304. The maximum atomic E-state index is 12.6. The predicted molar refractivity (Wildman–Crippen MR) is 131 cm³/mol. The van der Waals surface area contributed by atoms with Crippen LogP contribution in [0.15, 0.2) is 35.9 Å². The molecule has 0 bridgehead atoms. The standard InChI is InChI=1S/C23H21Cl2IN2O3/c1-2-30-21-11-15(9-17(13-27)23(29)28-7-3-4-8-28)10-20(26)22(21)31-14-16-5-6-18(24)12-19(16)25/h5-6,9-12H,2-4,7-8,14H2,1H3/b17-9+. The SMILES string of the molecule is CCOc1cc(/C=C(\C#N)C(=O)N2CCCC2)cc(I)c1OCc1ccc(Cl)cc1Cl. The quantitative estimate of drug-likeness (QED) is 0.229. The van der Waals surface area contributed by atoms with Crippen molar-refractivity contribution in [1.29, 1.82) is 5.26 Å². The van der Waals surface area contributed by atoms with Crippen LogP contribution in [-0.2, 0) is 11.4 Å². The van der Waals surface area contributed by atoms with Gasteiger partial charge in [0.2, 0.25) is 0 Å². The smallest absolute Gasteiger partial charge is 0.264 e. The third kappa shape index (κ3) is 6.06.